The van der Waals surface area contributed by atoms with E-state index in [0.717, 1.165) is 15.5 Å². The van der Waals surface area contributed by atoms with E-state index in [4.69, 9.17) is 11.6 Å². The van der Waals surface area contributed by atoms with E-state index in [-0.39, 0.29) is 0 Å². The van der Waals surface area contributed by atoms with Crippen molar-refractivity contribution in [3.05, 3.63) is 57.9 Å². The second kappa shape index (κ2) is 8.09. The largest absolute Gasteiger partial charge is 0.347 e. The van der Waals surface area contributed by atoms with Gasteiger partial charge in [-0.2, -0.15) is 4.98 Å². The molecule has 0 fully saturated rings. The van der Waals surface area contributed by atoms with Crippen molar-refractivity contribution in [3.8, 4) is 10.7 Å². The van der Waals surface area contributed by atoms with Crippen molar-refractivity contribution in [2.24, 2.45) is 0 Å². The van der Waals surface area contributed by atoms with Crippen molar-refractivity contribution in [3.63, 3.8) is 0 Å². The lowest BCUT2D eigenvalue weighted by atomic mass is 10.3. The van der Waals surface area contributed by atoms with Gasteiger partial charge in [-0.1, -0.05) is 23.7 Å². The molecule has 0 saturated carbocycles. The van der Waals surface area contributed by atoms with Crippen LogP contribution < -0.4 is 10.6 Å². The van der Waals surface area contributed by atoms with E-state index in [0.29, 0.717) is 29.5 Å². The van der Waals surface area contributed by atoms with Crippen molar-refractivity contribution in [2.75, 3.05) is 11.9 Å². The van der Waals surface area contributed by atoms with Gasteiger partial charge in [-0.05, 0) is 29.6 Å². The normalized spacial score (nSPS) is 10.9. The Morgan fingerprint density at radius 1 is 1.14 bits per heavy atom. The van der Waals surface area contributed by atoms with Gasteiger partial charge in [0.15, 0.2) is 5.82 Å². The minimum atomic E-state index is -0.738. The summed E-state index contributed by atoms with van der Waals surface area (Å²) in [6.07, 6.45) is 0.531. The fourth-order valence-corrected chi connectivity index (χ4v) is 4.24. The first kappa shape index (κ1) is 18.6. The van der Waals surface area contributed by atoms with E-state index in [1.165, 1.54) is 11.3 Å². The topological polar surface area (TPSA) is 88.4 Å². The minimum absolute atomic E-state index is 0.307. The number of thiazole rings is 1. The Hall–Kier alpha value is -2.75. The van der Waals surface area contributed by atoms with Crippen molar-refractivity contribution in [2.45, 2.75) is 6.42 Å². The fourth-order valence-electron chi connectivity index (χ4n) is 2.55. The predicted molar refractivity (Wildman–Crippen MR) is 111 cm³/mol. The summed E-state index contributed by atoms with van der Waals surface area (Å²) in [6.45, 7) is 0.307. The average Bonchev–Trinajstić information content (AvgIpc) is 3.39. The van der Waals surface area contributed by atoms with Crippen LogP contribution in [-0.2, 0) is 16.0 Å². The van der Waals surface area contributed by atoms with E-state index in [1.54, 1.807) is 40.1 Å². The number of anilines is 1. The Bertz CT molecular complexity index is 1140. The summed E-state index contributed by atoms with van der Waals surface area (Å²) in [6, 6.07) is 10.6. The molecule has 7 nitrogen and oxygen atoms in total. The lowest BCUT2D eigenvalue weighted by Gasteiger charge is -2.06. The predicted octanol–water partition coefficient (Wildman–Crippen LogP) is 3.47. The zero-order valence-corrected chi connectivity index (χ0v) is 16.8. The monoisotopic (exact) mass is 431 g/mol. The lowest BCUT2D eigenvalue weighted by molar-refractivity contribution is -0.136. The van der Waals surface area contributed by atoms with Crippen LogP contribution in [0.25, 0.3) is 15.7 Å². The molecule has 3 aromatic heterocycles. The molecule has 0 saturated heterocycles. The van der Waals surface area contributed by atoms with E-state index < -0.39 is 11.8 Å². The summed E-state index contributed by atoms with van der Waals surface area (Å²) in [5.74, 6) is -0.754. The van der Waals surface area contributed by atoms with Gasteiger partial charge in [0.05, 0.1) is 10.6 Å². The van der Waals surface area contributed by atoms with Gasteiger partial charge in [-0.15, -0.1) is 27.8 Å². The van der Waals surface area contributed by atoms with Crippen LogP contribution in [0.3, 0.4) is 0 Å². The zero-order chi connectivity index (χ0) is 19.5. The Morgan fingerprint density at radius 3 is 2.82 bits per heavy atom. The highest BCUT2D eigenvalue weighted by atomic mass is 35.5. The highest BCUT2D eigenvalue weighted by Gasteiger charge is 2.15. The maximum atomic E-state index is 12.0. The number of nitrogens with zero attached hydrogens (tertiary/aromatic N) is 3. The van der Waals surface area contributed by atoms with E-state index >= 15 is 0 Å². The molecule has 0 radical (unpaired) electrons. The maximum absolute atomic E-state index is 12.0. The highest BCUT2D eigenvalue weighted by Crippen LogP contribution is 2.24. The maximum Gasteiger partial charge on any atom is 0.313 e. The summed E-state index contributed by atoms with van der Waals surface area (Å²) < 4.78 is 1.78. The molecule has 0 aliphatic heterocycles. The van der Waals surface area contributed by atoms with Gasteiger partial charge in [0, 0.05) is 29.1 Å². The van der Waals surface area contributed by atoms with Gasteiger partial charge in [0.25, 0.3) is 0 Å². The summed E-state index contributed by atoms with van der Waals surface area (Å²) in [5.41, 5.74) is 1.39. The third-order valence-electron chi connectivity index (χ3n) is 3.85. The molecule has 4 aromatic rings. The molecular formula is C18H14ClN5O2S2. The first-order valence-corrected chi connectivity index (χ1v) is 10.5. The molecule has 0 atom stereocenters. The zero-order valence-electron chi connectivity index (χ0n) is 14.4. The first-order chi connectivity index (χ1) is 13.6. The number of aromatic nitrogens is 3. The number of carbonyl (C=O) groups excluding carboxylic acids is 2. The van der Waals surface area contributed by atoms with E-state index in [2.05, 4.69) is 20.7 Å². The van der Waals surface area contributed by atoms with Crippen molar-refractivity contribution in [1.82, 2.24) is 19.9 Å². The third-order valence-corrected chi connectivity index (χ3v) is 5.81. The van der Waals surface area contributed by atoms with Crippen LogP contribution in [0.15, 0.2) is 47.2 Å². The van der Waals surface area contributed by atoms with Crippen LogP contribution in [0.4, 0.5) is 5.69 Å². The van der Waals surface area contributed by atoms with Gasteiger partial charge in [-0.3, -0.25) is 9.59 Å². The number of amides is 2. The van der Waals surface area contributed by atoms with Crippen molar-refractivity contribution < 1.29 is 9.59 Å². The summed E-state index contributed by atoms with van der Waals surface area (Å²) in [7, 11) is 0. The number of halogens is 1. The minimum Gasteiger partial charge on any atom is -0.347 e. The molecular weight excluding hydrogens is 418 g/mol. The number of fused-ring (bicyclic) bond motifs is 1. The molecule has 0 unspecified atom stereocenters. The Balaban J connectivity index is 1.34. The lowest BCUT2D eigenvalue weighted by Crippen LogP contribution is -2.36. The molecule has 0 aliphatic rings. The molecule has 0 bridgehead atoms. The molecule has 0 spiro atoms. The Labute approximate surface area is 173 Å². The second-order valence-electron chi connectivity index (χ2n) is 5.80. The number of carbonyl (C=O) groups is 2. The number of hydrogen-bond acceptors (Lipinski definition) is 6. The molecule has 10 heteroatoms. The number of nitrogens with one attached hydrogen (secondary N) is 2. The standard InChI is InChI=1S/C18H14ClN5O2S2/c19-11-3-1-4-12(9-11)21-17(26)16(25)20-7-6-13-10-28-18-22-15(23-24(13)18)14-5-2-8-27-14/h1-5,8-10H,6-7H2,(H,20,25)(H,21,26). The van der Waals surface area contributed by atoms with Crippen LogP contribution in [0.2, 0.25) is 5.02 Å². The number of rotatable bonds is 5. The Kier molecular flexibility index (Phi) is 5.38. The molecule has 4 rings (SSSR count). The average molecular weight is 432 g/mol. The summed E-state index contributed by atoms with van der Waals surface area (Å²) >= 11 is 8.94. The van der Waals surface area contributed by atoms with Gasteiger partial charge in [0.2, 0.25) is 4.96 Å². The van der Waals surface area contributed by atoms with Gasteiger partial charge in [-0.25, -0.2) is 4.52 Å². The van der Waals surface area contributed by atoms with Crippen LogP contribution >= 0.6 is 34.3 Å². The van der Waals surface area contributed by atoms with Crippen LogP contribution in [0, 0.1) is 0 Å². The molecule has 2 amide bonds. The SMILES string of the molecule is O=C(NCCc1csc2nc(-c3cccs3)nn12)C(=O)Nc1cccc(Cl)c1. The van der Waals surface area contributed by atoms with Crippen LogP contribution in [-0.4, -0.2) is 33.0 Å². The Morgan fingerprint density at radius 2 is 2.04 bits per heavy atom. The fraction of sp³-hybridized carbons (Fsp3) is 0.111. The van der Waals surface area contributed by atoms with Gasteiger partial charge >= 0.3 is 11.8 Å². The molecule has 1 aromatic carbocycles. The van der Waals surface area contributed by atoms with Crippen molar-refractivity contribution in [1.29, 1.82) is 0 Å². The molecule has 142 valence electrons. The first-order valence-electron chi connectivity index (χ1n) is 8.32. The summed E-state index contributed by atoms with van der Waals surface area (Å²) in [5, 5.41) is 14.1. The third kappa shape index (κ3) is 4.06. The van der Waals surface area contributed by atoms with E-state index in [9.17, 15) is 9.59 Å². The number of benzene rings is 1. The number of thiophene rings is 1. The van der Waals surface area contributed by atoms with Crippen LogP contribution in [0.5, 0.6) is 0 Å². The molecule has 3 heterocycles. The van der Waals surface area contributed by atoms with E-state index in [1.807, 2.05) is 22.9 Å². The van der Waals surface area contributed by atoms with Gasteiger partial charge < -0.3 is 10.6 Å². The quantitative estimate of drug-likeness (QED) is 0.473. The van der Waals surface area contributed by atoms with Gasteiger partial charge in [0.1, 0.15) is 0 Å². The summed E-state index contributed by atoms with van der Waals surface area (Å²) in [4.78, 5) is 30.3. The number of hydrogen-bond donors (Lipinski definition) is 2. The van der Waals surface area contributed by atoms with Crippen LogP contribution in [0.1, 0.15) is 5.69 Å². The molecule has 2 N–H and O–H groups in total. The molecule has 28 heavy (non-hydrogen) atoms. The highest BCUT2D eigenvalue weighted by molar-refractivity contribution is 7.15. The van der Waals surface area contributed by atoms with Crippen molar-refractivity contribution >= 4 is 56.7 Å². The smallest absolute Gasteiger partial charge is 0.313 e. The second-order valence-corrected chi connectivity index (χ2v) is 8.03. The molecule has 0 aliphatic carbocycles.